The monoisotopic (exact) mass is 491 g/mol. The highest BCUT2D eigenvalue weighted by Gasteiger charge is 2.31. The van der Waals surface area contributed by atoms with Gasteiger partial charge in [0.05, 0.1) is 17.1 Å². The van der Waals surface area contributed by atoms with E-state index in [2.05, 4.69) is 11.8 Å². The van der Waals surface area contributed by atoms with Crippen molar-refractivity contribution in [2.75, 3.05) is 6.54 Å². The Balaban J connectivity index is 1.67. The maximum Gasteiger partial charge on any atom is 0.326 e. The van der Waals surface area contributed by atoms with Crippen LogP contribution in [0.15, 0.2) is 83.3 Å². The van der Waals surface area contributed by atoms with E-state index in [9.17, 15) is 14.7 Å². The number of para-hydroxylation sites is 1. The van der Waals surface area contributed by atoms with Crippen LogP contribution in [0.25, 0.3) is 11.0 Å². The highest BCUT2D eigenvalue weighted by molar-refractivity contribution is 6.36. The lowest BCUT2D eigenvalue weighted by molar-refractivity contribution is -0.142. The molecule has 170 valence electrons. The van der Waals surface area contributed by atoms with E-state index in [0.717, 1.165) is 10.9 Å². The summed E-state index contributed by atoms with van der Waals surface area (Å²) in [5, 5.41) is 11.4. The number of hydrogen-bond acceptors (Lipinski definition) is 3. The van der Waals surface area contributed by atoms with E-state index in [-0.39, 0.29) is 23.6 Å². The molecule has 0 fully saturated rings. The first kappa shape index (κ1) is 23.4. The summed E-state index contributed by atoms with van der Waals surface area (Å²) in [7, 11) is 0. The van der Waals surface area contributed by atoms with Gasteiger partial charge in [-0.25, -0.2) is 4.79 Å². The van der Waals surface area contributed by atoms with Crippen LogP contribution in [0.3, 0.4) is 0 Å². The van der Waals surface area contributed by atoms with Gasteiger partial charge in [-0.15, -0.1) is 0 Å². The number of carbonyl (C=O) groups is 2. The molecule has 1 N–H and O–H groups in total. The summed E-state index contributed by atoms with van der Waals surface area (Å²) < 4.78 is 5.70. The standard InChI is InChI=1S/C27H19Cl2NO4/c28-20-12-13-22(23(29)17-20)26(31)30(24(27(32)33)15-18-7-2-1-3-8-18)14-6-10-21-16-19-9-4-5-11-25(19)34-21/h1-5,7-9,11-13,16-17,24H,14-15H2,(H,32,33)/t24-/m0/s1. The van der Waals surface area contributed by atoms with E-state index in [1.807, 2.05) is 54.6 Å². The van der Waals surface area contributed by atoms with Gasteiger partial charge in [0.25, 0.3) is 5.91 Å². The third-order valence-electron chi connectivity index (χ3n) is 5.24. The largest absolute Gasteiger partial charge is 0.480 e. The molecule has 0 saturated heterocycles. The molecule has 1 aromatic heterocycles. The molecule has 1 atom stereocenters. The number of carbonyl (C=O) groups excluding carboxylic acids is 1. The number of halogens is 2. The van der Waals surface area contributed by atoms with Crippen LogP contribution in [-0.4, -0.2) is 34.5 Å². The Bertz CT molecular complexity index is 1370. The number of amides is 1. The van der Waals surface area contributed by atoms with E-state index in [1.54, 1.807) is 6.07 Å². The third-order valence-corrected chi connectivity index (χ3v) is 5.79. The first-order valence-electron chi connectivity index (χ1n) is 10.4. The summed E-state index contributed by atoms with van der Waals surface area (Å²) >= 11 is 12.2. The van der Waals surface area contributed by atoms with Gasteiger partial charge in [0.1, 0.15) is 11.6 Å². The Morgan fingerprint density at radius 3 is 2.41 bits per heavy atom. The predicted molar refractivity (Wildman–Crippen MR) is 132 cm³/mol. The lowest BCUT2D eigenvalue weighted by Crippen LogP contribution is -2.46. The summed E-state index contributed by atoms with van der Waals surface area (Å²) in [5.74, 6) is 4.52. The molecular formula is C27H19Cl2NO4. The molecule has 1 heterocycles. The lowest BCUT2D eigenvalue weighted by atomic mass is 10.0. The molecule has 0 aliphatic rings. The minimum atomic E-state index is -1.16. The molecule has 5 nitrogen and oxygen atoms in total. The van der Waals surface area contributed by atoms with Crippen LogP contribution in [0.1, 0.15) is 21.7 Å². The molecule has 0 saturated carbocycles. The number of benzene rings is 3. The number of nitrogens with zero attached hydrogens (tertiary/aromatic N) is 1. The van der Waals surface area contributed by atoms with Crippen LogP contribution in [0, 0.1) is 11.8 Å². The van der Waals surface area contributed by atoms with Crippen molar-refractivity contribution in [2.24, 2.45) is 0 Å². The van der Waals surface area contributed by atoms with Gasteiger partial charge in [0.15, 0.2) is 5.76 Å². The van der Waals surface area contributed by atoms with E-state index in [4.69, 9.17) is 27.6 Å². The van der Waals surface area contributed by atoms with Gasteiger partial charge in [-0.3, -0.25) is 4.79 Å². The number of carboxylic acids is 1. The number of aliphatic carboxylic acids is 1. The highest BCUT2D eigenvalue weighted by Crippen LogP contribution is 2.24. The number of carboxylic acid groups (broad SMARTS) is 1. The molecule has 4 rings (SSSR count). The third kappa shape index (κ3) is 5.43. The Morgan fingerprint density at radius 1 is 0.971 bits per heavy atom. The van der Waals surface area contributed by atoms with E-state index in [1.165, 1.54) is 23.1 Å². The van der Waals surface area contributed by atoms with Crippen LogP contribution in [0.4, 0.5) is 0 Å². The first-order valence-corrected chi connectivity index (χ1v) is 11.2. The number of fused-ring (bicyclic) bond motifs is 1. The van der Waals surface area contributed by atoms with Gasteiger partial charge in [-0.2, -0.15) is 0 Å². The molecule has 7 heteroatoms. The van der Waals surface area contributed by atoms with Gasteiger partial charge in [-0.1, -0.05) is 77.7 Å². The average molecular weight is 492 g/mol. The second-order valence-electron chi connectivity index (χ2n) is 7.55. The van der Waals surface area contributed by atoms with Crippen LogP contribution < -0.4 is 0 Å². The van der Waals surface area contributed by atoms with E-state index in [0.29, 0.717) is 16.4 Å². The topological polar surface area (TPSA) is 70.8 Å². The zero-order valence-corrected chi connectivity index (χ0v) is 19.4. The van der Waals surface area contributed by atoms with Crippen molar-refractivity contribution in [2.45, 2.75) is 12.5 Å². The molecular weight excluding hydrogens is 473 g/mol. The zero-order valence-electron chi connectivity index (χ0n) is 17.9. The summed E-state index contributed by atoms with van der Waals surface area (Å²) in [6.07, 6.45) is 0.111. The summed E-state index contributed by atoms with van der Waals surface area (Å²) in [6, 6.07) is 21.7. The van der Waals surface area contributed by atoms with Crippen LogP contribution >= 0.6 is 23.2 Å². The molecule has 0 bridgehead atoms. The average Bonchev–Trinajstić information content (AvgIpc) is 3.24. The van der Waals surface area contributed by atoms with Gasteiger partial charge in [-0.05, 0) is 35.7 Å². The molecule has 3 aromatic carbocycles. The fraction of sp³-hybridized carbons (Fsp3) is 0.111. The van der Waals surface area contributed by atoms with Crippen molar-refractivity contribution < 1.29 is 19.1 Å². The maximum absolute atomic E-state index is 13.4. The Kier molecular flexibility index (Phi) is 7.22. The highest BCUT2D eigenvalue weighted by atomic mass is 35.5. The number of hydrogen-bond donors (Lipinski definition) is 1. The van der Waals surface area contributed by atoms with Gasteiger partial charge >= 0.3 is 5.97 Å². The number of rotatable bonds is 6. The quantitative estimate of drug-likeness (QED) is 0.339. The molecule has 0 radical (unpaired) electrons. The second-order valence-corrected chi connectivity index (χ2v) is 8.39. The minimum Gasteiger partial charge on any atom is -0.480 e. The second kappa shape index (κ2) is 10.5. The van der Waals surface area contributed by atoms with Crippen molar-refractivity contribution in [1.82, 2.24) is 4.90 Å². The Labute approximate surface area is 206 Å². The van der Waals surface area contributed by atoms with Crippen molar-refractivity contribution in [3.05, 3.63) is 106 Å². The molecule has 0 aliphatic heterocycles. The Morgan fingerprint density at radius 2 is 1.71 bits per heavy atom. The van der Waals surface area contributed by atoms with Crippen LogP contribution in [0.5, 0.6) is 0 Å². The van der Waals surface area contributed by atoms with Crippen molar-refractivity contribution in [3.63, 3.8) is 0 Å². The lowest BCUT2D eigenvalue weighted by Gasteiger charge is -2.28. The summed E-state index contributed by atoms with van der Waals surface area (Å²) in [4.78, 5) is 26.9. The Hall–Kier alpha value is -3.72. The first-order chi connectivity index (χ1) is 16.4. The van der Waals surface area contributed by atoms with E-state index < -0.39 is 17.9 Å². The molecule has 0 unspecified atom stereocenters. The fourth-order valence-corrected chi connectivity index (χ4v) is 4.05. The van der Waals surface area contributed by atoms with Crippen LogP contribution in [-0.2, 0) is 11.2 Å². The summed E-state index contributed by atoms with van der Waals surface area (Å²) in [6.45, 7) is -0.140. The van der Waals surface area contributed by atoms with Crippen molar-refractivity contribution in [3.8, 4) is 11.8 Å². The van der Waals surface area contributed by atoms with Crippen LogP contribution in [0.2, 0.25) is 10.0 Å². The van der Waals surface area contributed by atoms with Gasteiger partial charge < -0.3 is 14.4 Å². The van der Waals surface area contributed by atoms with Crippen molar-refractivity contribution >= 4 is 46.0 Å². The smallest absolute Gasteiger partial charge is 0.326 e. The molecule has 34 heavy (non-hydrogen) atoms. The zero-order chi connectivity index (χ0) is 24.1. The molecule has 4 aromatic rings. The van der Waals surface area contributed by atoms with E-state index >= 15 is 0 Å². The SMILES string of the molecule is O=C(O)[C@H](Cc1ccccc1)N(CC#Cc1cc2ccccc2o1)C(=O)c1ccc(Cl)cc1Cl. The van der Waals surface area contributed by atoms with Crippen molar-refractivity contribution in [1.29, 1.82) is 0 Å². The normalized spacial score (nSPS) is 11.5. The number of furan rings is 1. The molecule has 1 amide bonds. The van der Waals surface area contributed by atoms with Gasteiger partial charge in [0, 0.05) is 22.9 Å². The molecule has 0 spiro atoms. The summed E-state index contributed by atoms with van der Waals surface area (Å²) in [5.41, 5.74) is 1.62. The molecule has 0 aliphatic carbocycles. The van der Waals surface area contributed by atoms with Gasteiger partial charge in [0.2, 0.25) is 0 Å². The predicted octanol–water partition coefficient (Wildman–Crippen LogP) is 5.93. The maximum atomic E-state index is 13.4. The fourth-order valence-electron chi connectivity index (χ4n) is 3.56. The minimum absolute atomic E-state index is 0.111.